The van der Waals surface area contributed by atoms with Gasteiger partial charge in [-0.25, -0.2) is 0 Å². The highest BCUT2D eigenvalue weighted by Gasteiger charge is 2.33. The van der Waals surface area contributed by atoms with Crippen LogP contribution in [0.5, 0.6) is 0 Å². The summed E-state index contributed by atoms with van der Waals surface area (Å²) in [4.78, 5) is 3.36. The molecule has 1 aromatic carbocycles. The fourth-order valence-electron chi connectivity index (χ4n) is 1.46. The van der Waals surface area contributed by atoms with Gasteiger partial charge in [-0.2, -0.15) is 18.4 Å². The topological polar surface area (TPSA) is 45.4 Å². The summed E-state index contributed by atoms with van der Waals surface area (Å²) in [5, 5.41) is 8.43. The summed E-state index contributed by atoms with van der Waals surface area (Å²) in [5.41, 5.74) is -0.706. The summed E-state index contributed by atoms with van der Waals surface area (Å²) in [6.45, 7) is 1.91. The molecule has 0 aliphatic heterocycles. The molecule has 0 saturated carbocycles. The molecule has 0 N–H and O–H groups in total. The van der Waals surface area contributed by atoms with Crippen molar-refractivity contribution in [2.75, 3.05) is 6.61 Å². The summed E-state index contributed by atoms with van der Waals surface area (Å²) in [5.74, 6) is -0.0169. The van der Waals surface area contributed by atoms with Crippen molar-refractivity contribution in [2.24, 2.45) is 4.99 Å². The van der Waals surface area contributed by atoms with Crippen LogP contribution in [-0.4, -0.2) is 12.5 Å². The second-order valence-corrected chi connectivity index (χ2v) is 3.37. The van der Waals surface area contributed by atoms with E-state index in [1.54, 1.807) is 6.92 Å². The summed E-state index contributed by atoms with van der Waals surface area (Å²) in [7, 11) is 0. The third-order valence-electron chi connectivity index (χ3n) is 2.15. The van der Waals surface area contributed by atoms with Crippen LogP contribution in [0.2, 0.25) is 0 Å². The molecule has 0 atom stereocenters. The van der Waals surface area contributed by atoms with Gasteiger partial charge in [-0.1, -0.05) is 18.2 Å². The van der Waals surface area contributed by atoms with Gasteiger partial charge in [-0.15, -0.1) is 4.99 Å². The molecule has 0 unspecified atom stereocenters. The zero-order valence-corrected chi connectivity index (χ0v) is 9.66. The first kappa shape index (κ1) is 14.0. The highest BCUT2D eigenvalue weighted by Crippen LogP contribution is 2.32. The Kier molecular flexibility index (Phi) is 4.72. The van der Waals surface area contributed by atoms with Gasteiger partial charge in [-0.05, 0) is 18.6 Å². The zero-order chi connectivity index (χ0) is 13.6. The van der Waals surface area contributed by atoms with Crippen LogP contribution in [0.3, 0.4) is 0 Å². The van der Waals surface area contributed by atoms with E-state index in [0.29, 0.717) is 0 Å². The molecule has 0 aliphatic rings. The highest BCUT2D eigenvalue weighted by atomic mass is 19.4. The maximum absolute atomic E-state index is 12.7. The molecule has 1 rings (SSSR count). The monoisotopic (exact) mass is 256 g/mol. The first-order valence-electron chi connectivity index (χ1n) is 5.22. The Morgan fingerprint density at radius 3 is 2.61 bits per heavy atom. The average Bonchev–Trinajstić information content (AvgIpc) is 2.29. The van der Waals surface area contributed by atoms with Crippen molar-refractivity contribution in [3.63, 3.8) is 0 Å². The number of ether oxygens (including phenoxy) is 1. The Bertz CT molecular complexity index is 475. The molecule has 18 heavy (non-hydrogen) atoms. The molecule has 0 aliphatic carbocycles. The minimum absolute atomic E-state index is 0.0169. The van der Waals surface area contributed by atoms with Gasteiger partial charge in [0.05, 0.1) is 18.6 Å². The Morgan fingerprint density at radius 1 is 1.39 bits per heavy atom. The predicted octanol–water partition coefficient (Wildman–Crippen LogP) is 3.16. The number of aliphatic imine (C=N–C) groups is 1. The molecular weight excluding hydrogens is 245 g/mol. The Balaban J connectivity index is 3.04. The fraction of sp³-hybridized carbons (Fsp3) is 0.333. The lowest BCUT2D eigenvalue weighted by Gasteiger charge is -2.13. The van der Waals surface area contributed by atoms with Gasteiger partial charge in [0.1, 0.15) is 0 Å². The number of nitrogens with zero attached hydrogens (tertiary/aromatic N) is 2. The van der Waals surface area contributed by atoms with Crippen molar-refractivity contribution >= 4 is 5.90 Å². The van der Waals surface area contributed by atoms with E-state index in [-0.39, 0.29) is 24.5 Å². The first-order valence-corrected chi connectivity index (χ1v) is 5.22. The SMILES string of the molecule is CCOC(Cc1ccccc1C(F)(F)F)=NC#N. The van der Waals surface area contributed by atoms with Crippen molar-refractivity contribution in [3.05, 3.63) is 35.4 Å². The standard InChI is InChI=1S/C12H11F3N2O/c1-2-18-11(17-8-16)7-9-5-3-4-6-10(9)12(13,14)15/h3-6H,2,7H2,1H3. The third-order valence-corrected chi connectivity index (χ3v) is 2.15. The third kappa shape index (κ3) is 3.77. The molecule has 96 valence electrons. The molecule has 0 radical (unpaired) electrons. The molecular formula is C12H11F3N2O. The van der Waals surface area contributed by atoms with E-state index in [2.05, 4.69) is 4.99 Å². The van der Waals surface area contributed by atoms with E-state index >= 15 is 0 Å². The van der Waals surface area contributed by atoms with E-state index in [0.717, 1.165) is 6.07 Å². The maximum Gasteiger partial charge on any atom is 0.416 e. The number of halogens is 3. The Hall–Kier alpha value is -2.03. The molecule has 0 spiro atoms. The normalized spacial score (nSPS) is 12.1. The lowest BCUT2D eigenvalue weighted by atomic mass is 10.0. The van der Waals surface area contributed by atoms with Crippen molar-refractivity contribution in [2.45, 2.75) is 19.5 Å². The minimum atomic E-state index is -4.43. The van der Waals surface area contributed by atoms with Crippen molar-refractivity contribution < 1.29 is 17.9 Å². The van der Waals surface area contributed by atoms with Crippen LogP contribution in [0.4, 0.5) is 13.2 Å². The number of nitriles is 1. The molecule has 0 aromatic heterocycles. The molecule has 0 saturated heterocycles. The van der Waals surface area contributed by atoms with Crippen molar-refractivity contribution in [3.8, 4) is 6.19 Å². The smallest absolute Gasteiger partial charge is 0.416 e. The lowest BCUT2D eigenvalue weighted by molar-refractivity contribution is -0.138. The van der Waals surface area contributed by atoms with Gasteiger partial charge in [0.15, 0.2) is 0 Å². The van der Waals surface area contributed by atoms with Gasteiger partial charge in [0.25, 0.3) is 0 Å². The largest absolute Gasteiger partial charge is 0.480 e. The van der Waals surface area contributed by atoms with Gasteiger partial charge in [-0.3, -0.25) is 0 Å². The summed E-state index contributed by atoms with van der Waals surface area (Å²) < 4.78 is 43.2. The van der Waals surface area contributed by atoms with Gasteiger partial charge < -0.3 is 4.74 Å². The first-order chi connectivity index (χ1) is 8.49. The van der Waals surface area contributed by atoms with Gasteiger partial charge >= 0.3 is 6.18 Å². The molecule has 6 heteroatoms. The van der Waals surface area contributed by atoms with Crippen LogP contribution in [0.15, 0.2) is 29.3 Å². The van der Waals surface area contributed by atoms with Crippen molar-refractivity contribution in [1.82, 2.24) is 0 Å². The van der Waals surface area contributed by atoms with Crippen LogP contribution in [0.25, 0.3) is 0 Å². The molecule has 0 heterocycles. The second-order valence-electron chi connectivity index (χ2n) is 3.37. The fourth-order valence-corrected chi connectivity index (χ4v) is 1.46. The van der Waals surface area contributed by atoms with E-state index < -0.39 is 11.7 Å². The average molecular weight is 256 g/mol. The molecule has 1 aromatic rings. The quantitative estimate of drug-likeness (QED) is 0.473. The van der Waals surface area contributed by atoms with Crippen LogP contribution in [0.1, 0.15) is 18.1 Å². The van der Waals surface area contributed by atoms with Gasteiger partial charge in [0.2, 0.25) is 12.1 Å². The number of hydrogen-bond acceptors (Lipinski definition) is 3. The molecule has 3 nitrogen and oxygen atoms in total. The van der Waals surface area contributed by atoms with Gasteiger partial charge in [0, 0.05) is 0 Å². The Labute approximate surface area is 103 Å². The molecule has 0 bridgehead atoms. The number of benzene rings is 1. The molecule has 0 amide bonds. The van der Waals surface area contributed by atoms with Crippen LogP contribution < -0.4 is 0 Å². The van der Waals surface area contributed by atoms with E-state index in [1.165, 1.54) is 24.4 Å². The maximum atomic E-state index is 12.7. The zero-order valence-electron chi connectivity index (χ0n) is 9.66. The van der Waals surface area contributed by atoms with Crippen LogP contribution >= 0.6 is 0 Å². The summed E-state index contributed by atoms with van der Waals surface area (Å²) in [6, 6.07) is 5.15. The Morgan fingerprint density at radius 2 is 2.06 bits per heavy atom. The van der Waals surface area contributed by atoms with E-state index in [4.69, 9.17) is 10.00 Å². The van der Waals surface area contributed by atoms with Crippen LogP contribution in [-0.2, 0) is 17.3 Å². The highest BCUT2D eigenvalue weighted by molar-refractivity contribution is 5.80. The number of alkyl halides is 3. The second kappa shape index (κ2) is 6.05. The van der Waals surface area contributed by atoms with Crippen LogP contribution in [0, 0.1) is 11.5 Å². The number of rotatable bonds is 3. The summed E-state index contributed by atoms with van der Waals surface area (Å²) >= 11 is 0. The van der Waals surface area contributed by atoms with E-state index in [9.17, 15) is 13.2 Å². The van der Waals surface area contributed by atoms with E-state index in [1.807, 2.05) is 0 Å². The van der Waals surface area contributed by atoms with Crippen molar-refractivity contribution in [1.29, 1.82) is 5.26 Å². The minimum Gasteiger partial charge on any atom is -0.480 e. The summed E-state index contributed by atoms with van der Waals surface area (Å²) in [6.07, 6.45) is -3.07. The molecule has 0 fully saturated rings. The number of hydrogen-bond donors (Lipinski definition) is 0. The lowest BCUT2D eigenvalue weighted by Crippen LogP contribution is -2.14. The predicted molar refractivity (Wildman–Crippen MR) is 59.8 cm³/mol.